The quantitative estimate of drug-likeness (QED) is 0.0531. The number of aliphatic hydroxyl groups is 3. The number of phenolic OH excluding ortho intramolecular Hbond substituents is 23. The maximum atomic E-state index is 15.5. The smallest absolute Gasteiger partial charge is 0.342 e. The van der Waals surface area contributed by atoms with Crippen LogP contribution in [-0.2, 0) is 42.6 Å². The Kier molecular flexibility index (Phi) is 19.8. The highest BCUT2D eigenvalue weighted by Crippen LogP contribution is 2.60. The summed E-state index contributed by atoms with van der Waals surface area (Å²) in [6.07, 6.45) is -28.0. The number of carboxylic acid groups (broad SMARTS) is 1. The number of aromatic hydroxyl groups is 23. The Morgan fingerprint density at radius 1 is 0.328 bits per heavy atom. The summed E-state index contributed by atoms with van der Waals surface area (Å²) in [6, 6.07) is 4.03. The third kappa shape index (κ3) is 13.1. The van der Waals surface area contributed by atoms with E-state index in [0.717, 1.165) is 0 Å². The average molecular weight is 1710 g/mol. The van der Waals surface area contributed by atoms with E-state index in [1.807, 2.05) is 0 Å². The van der Waals surface area contributed by atoms with Gasteiger partial charge >= 0.3 is 53.7 Å². The van der Waals surface area contributed by atoms with Gasteiger partial charge in [-0.15, -0.1) is 0 Å². The monoisotopic (exact) mass is 1700 g/mol. The van der Waals surface area contributed by atoms with Crippen LogP contribution in [-0.4, -0.2) is 260 Å². The highest BCUT2D eigenvalue weighted by molar-refractivity contribution is 6.12. The number of carbonyl (C=O) groups is 9. The number of esters is 8. The number of carboxylic acids is 1. The van der Waals surface area contributed by atoms with Crippen LogP contribution in [0.3, 0.4) is 0 Å². The van der Waals surface area contributed by atoms with Crippen molar-refractivity contribution in [3.8, 4) is 189 Å². The lowest BCUT2D eigenvalue weighted by Crippen LogP contribution is -2.62. The van der Waals surface area contributed by atoms with E-state index in [4.69, 9.17) is 52.1 Å². The number of cyclic esters (lactones) is 3. The van der Waals surface area contributed by atoms with Gasteiger partial charge in [0, 0.05) is 63.2 Å². The molecule has 0 spiro atoms. The lowest BCUT2D eigenvalue weighted by atomic mass is 9.83. The van der Waals surface area contributed by atoms with Crippen molar-refractivity contribution in [1.82, 2.24) is 0 Å². The Morgan fingerprint density at radius 2 is 0.738 bits per heavy atom. The van der Waals surface area contributed by atoms with Crippen LogP contribution in [0.15, 0.2) is 66.7 Å². The number of hydrogen-bond donors (Lipinski definition) is 27. The molecule has 6 heterocycles. The van der Waals surface area contributed by atoms with E-state index >= 15 is 14.4 Å². The van der Waals surface area contributed by atoms with Crippen LogP contribution >= 0.6 is 0 Å². The third-order valence-corrected chi connectivity index (χ3v) is 19.6. The summed E-state index contributed by atoms with van der Waals surface area (Å²) in [7, 11) is 0. The van der Waals surface area contributed by atoms with Crippen molar-refractivity contribution in [2.75, 3.05) is 13.2 Å². The molecule has 0 aromatic heterocycles. The molecule has 10 atom stereocenters. The summed E-state index contributed by atoms with van der Waals surface area (Å²) in [4.78, 5) is 131. The molecule has 47 heteroatoms. The van der Waals surface area contributed by atoms with Crippen molar-refractivity contribution in [1.29, 1.82) is 0 Å². The lowest BCUT2D eigenvalue weighted by molar-refractivity contribution is -0.284. The fraction of sp³-hybridized carbons (Fsp3) is 0.160. The van der Waals surface area contributed by atoms with Gasteiger partial charge in [-0.1, -0.05) is 0 Å². The minimum atomic E-state index is -3.00. The van der Waals surface area contributed by atoms with Gasteiger partial charge in [0.05, 0.1) is 38.9 Å². The van der Waals surface area contributed by atoms with Crippen LogP contribution in [0.1, 0.15) is 105 Å². The Hall–Kier alpha value is -17.0. The van der Waals surface area contributed by atoms with E-state index in [0.29, 0.717) is 42.5 Å². The topological polar surface area (TPSA) is 801 Å². The van der Waals surface area contributed by atoms with Crippen molar-refractivity contribution in [2.45, 2.75) is 61.2 Å². The molecule has 0 amide bonds. The summed E-state index contributed by atoms with van der Waals surface area (Å²) in [5, 5.41) is 301. The van der Waals surface area contributed by atoms with Crippen LogP contribution in [0.5, 0.6) is 155 Å². The molecule has 4 bridgehead atoms. The second-order valence-corrected chi connectivity index (χ2v) is 26.8. The zero-order valence-electron chi connectivity index (χ0n) is 59.8. The van der Waals surface area contributed by atoms with Gasteiger partial charge < -0.3 is 190 Å². The average Bonchev–Trinajstić information content (AvgIpc) is 0.883. The normalized spacial score (nSPS) is 20.4. The Morgan fingerprint density at radius 3 is 1.29 bits per heavy atom. The minimum Gasteiger partial charge on any atom is -0.504 e. The van der Waals surface area contributed by atoms with E-state index in [-0.39, 0.29) is 24.3 Å². The van der Waals surface area contributed by atoms with Crippen molar-refractivity contribution in [3.05, 3.63) is 122 Å². The van der Waals surface area contributed by atoms with Crippen molar-refractivity contribution >= 4 is 53.7 Å². The standard InChI is InChI=1S/C75H52O47/c76-23-2-1-15-36(43(23)86)38-19(71(107)117-60(31(84)12-112-68(15)104)63-62-55(98)41-40(74(110)119-62)16(5-26(79)44(41)87)35-17(70(106)121-63)6-27(80)45(88)51(35)94)10-33(50(93)53(38)96)115-59-22(9-30(83)48(91)57(59)100)73(109)122-65-64(120-67(103)14-3-24(77)42(85)25(78)4-14)61-34(116-75(65)111)13-113-69(105)18-7-28(81)46(89)52(95)37(18)39-20(72(108)118-61)11-32(49(92)54(39)97)114-58-21(66(101)102)8-29(82)47(90)56(58)99/h1-11,31,34,55,60-65,75-100,111H,12-13H2,(H,101,102)/t31?,34-,55-,60-,61-,62?,63?,64+,65-,75?/m1/s1. The van der Waals surface area contributed by atoms with E-state index < -0.39 is 372 Å². The number of fused-ring (bicyclic) bond motifs is 10. The van der Waals surface area contributed by atoms with Crippen LogP contribution in [0.25, 0.3) is 33.4 Å². The number of aliphatic hydroxyl groups excluding tert-OH is 3. The van der Waals surface area contributed by atoms with Crippen LogP contribution in [0.4, 0.5) is 0 Å². The predicted molar refractivity (Wildman–Crippen MR) is 378 cm³/mol. The van der Waals surface area contributed by atoms with Gasteiger partial charge in [-0.3, -0.25) is 0 Å². The summed E-state index contributed by atoms with van der Waals surface area (Å²) < 4.78 is 61.3. The predicted octanol–water partition coefficient (Wildman–Crippen LogP) is 2.93. The molecular formula is C75H52O47. The number of carbonyl (C=O) groups excluding carboxylic acids is 8. The van der Waals surface area contributed by atoms with Gasteiger partial charge in [0.1, 0.15) is 42.7 Å². The van der Waals surface area contributed by atoms with Crippen LogP contribution < -0.4 is 9.47 Å². The molecule has 15 rings (SSSR count). The molecule has 0 aliphatic carbocycles. The maximum absolute atomic E-state index is 15.5. The van der Waals surface area contributed by atoms with Crippen LogP contribution in [0.2, 0.25) is 0 Å². The second-order valence-electron chi connectivity index (χ2n) is 26.8. The van der Waals surface area contributed by atoms with Crippen LogP contribution in [0, 0.1) is 0 Å². The maximum Gasteiger partial charge on any atom is 0.342 e. The van der Waals surface area contributed by atoms with Gasteiger partial charge in [0.2, 0.25) is 46.0 Å². The van der Waals surface area contributed by atoms with Crippen molar-refractivity contribution < 1.29 is 233 Å². The first kappa shape index (κ1) is 81.6. The van der Waals surface area contributed by atoms with E-state index in [2.05, 4.69) is 0 Å². The molecule has 6 aliphatic heterocycles. The van der Waals surface area contributed by atoms with Crippen molar-refractivity contribution in [3.63, 3.8) is 0 Å². The molecule has 27 N–H and O–H groups in total. The first-order valence-electron chi connectivity index (χ1n) is 34.0. The summed E-state index contributed by atoms with van der Waals surface area (Å²) in [5.74, 6) is -58.5. The number of aromatic carboxylic acids is 1. The molecule has 634 valence electrons. The molecule has 9 aromatic rings. The van der Waals surface area contributed by atoms with Gasteiger partial charge in [0.25, 0.3) is 0 Å². The molecule has 122 heavy (non-hydrogen) atoms. The third-order valence-electron chi connectivity index (χ3n) is 19.6. The number of benzene rings is 9. The highest BCUT2D eigenvalue weighted by atomic mass is 16.7. The molecule has 6 aliphatic rings. The Labute approximate surface area is 670 Å². The highest BCUT2D eigenvalue weighted by Gasteiger charge is 2.56. The SMILES string of the molecule is O=C(O[C@H]1[C@@H]2OC(=O)c3cc(Oc4c(C(=O)O)cc(O)c(O)c4O)c(O)c(O)c3-c3c(cc(O)c(O)c3O)C(=O)OC[C@H]2OC(O)[C@@H]1OC(=O)c1cc(O)c(O)c(O)c1Oc1cc2c(c(O)c1O)-c1c(ccc(O)c1O)C(=O)OCC(O)[C@H](C1OC(=O)c3cc(O)c(O)c(O)c3-c3cc(O)c(O)c4c3C(=O)OC1[C@@H]4O)OC2=O)c1cc(O)c(O)c(O)c1. The largest absolute Gasteiger partial charge is 0.504 e. The molecule has 0 saturated carbocycles. The number of phenols is 23. The van der Waals surface area contributed by atoms with Gasteiger partial charge in [-0.25, -0.2) is 43.2 Å². The molecule has 1 saturated heterocycles. The summed E-state index contributed by atoms with van der Waals surface area (Å²) >= 11 is 0. The molecule has 47 nitrogen and oxygen atoms in total. The first-order chi connectivity index (χ1) is 57.4. The molecule has 4 unspecified atom stereocenters. The Balaban J connectivity index is 0.895. The fourth-order valence-corrected chi connectivity index (χ4v) is 13.8. The summed E-state index contributed by atoms with van der Waals surface area (Å²) in [5.41, 5.74) is -19.3. The summed E-state index contributed by atoms with van der Waals surface area (Å²) in [6.45, 7) is -3.00. The minimum absolute atomic E-state index is 0.0998. The zero-order chi connectivity index (χ0) is 88.8. The fourth-order valence-electron chi connectivity index (χ4n) is 13.8. The van der Waals surface area contributed by atoms with E-state index in [1.54, 1.807) is 0 Å². The number of hydrogen-bond acceptors (Lipinski definition) is 46. The van der Waals surface area contributed by atoms with Gasteiger partial charge in [0.15, 0.2) is 152 Å². The molecule has 0 radical (unpaired) electrons. The number of ether oxygens (including phenoxy) is 11. The molecule has 1 fully saturated rings. The van der Waals surface area contributed by atoms with E-state index in [9.17, 15) is 167 Å². The zero-order valence-corrected chi connectivity index (χ0v) is 59.8. The molecule has 9 aromatic carbocycles. The number of rotatable bonds is 10. The van der Waals surface area contributed by atoms with E-state index in [1.165, 1.54) is 0 Å². The molecular weight excluding hydrogens is 1650 g/mol. The Bertz CT molecular complexity index is 6140. The van der Waals surface area contributed by atoms with Crippen molar-refractivity contribution in [2.24, 2.45) is 0 Å². The van der Waals surface area contributed by atoms with Gasteiger partial charge in [-0.05, 0) is 42.5 Å². The van der Waals surface area contributed by atoms with Gasteiger partial charge in [-0.2, -0.15) is 0 Å². The second kappa shape index (κ2) is 29.6. The lowest BCUT2D eigenvalue weighted by Gasteiger charge is -2.42. The first-order valence-corrected chi connectivity index (χ1v) is 34.0.